The Balaban J connectivity index is 2.49. The topological polar surface area (TPSA) is 21.3 Å². The average Bonchev–Trinajstić information content (AvgIpc) is 2.16. The molecule has 0 spiro atoms. The molecule has 0 bridgehead atoms. The van der Waals surface area contributed by atoms with E-state index in [9.17, 15) is 0 Å². The monoisotopic (exact) mass is 261 g/mol. The highest BCUT2D eigenvalue weighted by atomic mass is 35.5. The Hall–Kier alpha value is -0.440. The van der Waals surface area contributed by atoms with Crippen LogP contribution in [0.25, 0.3) is 0 Å². The number of ether oxygens (including phenoxy) is 1. The van der Waals surface area contributed by atoms with Crippen LogP contribution in [-0.4, -0.2) is 19.2 Å². The first-order valence-electron chi connectivity index (χ1n) is 5.21. The Bertz CT molecular complexity index is 333. The third-order valence-electron chi connectivity index (χ3n) is 2.51. The lowest BCUT2D eigenvalue weighted by atomic mass is 10.0. The molecule has 0 aromatic heterocycles. The molecule has 2 nitrogen and oxygen atoms in total. The summed E-state index contributed by atoms with van der Waals surface area (Å²) in [6, 6.07) is 5.22. The second-order valence-electron chi connectivity index (χ2n) is 4.34. The highest BCUT2D eigenvalue weighted by molar-refractivity contribution is 6.34. The van der Waals surface area contributed by atoms with Gasteiger partial charge in [-0.25, -0.2) is 0 Å². The SMILES string of the molecule is CNC(C)(C)CCOc1cc(Cl)cc(Cl)c1. The van der Waals surface area contributed by atoms with Gasteiger partial charge in [-0.05, 0) is 45.5 Å². The van der Waals surface area contributed by atoms with Gasteiger partial charge in [0, 0.05) is 15.6 Å². The summed E-state index contributed by atoms with van der Waals surface area (Å²) in [5, 5.41) is 4.40. The van der Waals surface area contributed by atoms with Crippen LogP contribution in [-0.2, 0) is 0 Å². The molecular formula is C12H17Cl2NO. The van der Waals surface area contributed by atoms with E-state index in [2.05, 4.69) is 19.2 Å². The molecule has 0 amide bonds. The number of nitrogens with one attached hydrogen (secondary N) is 1. The van der Waals surface area contributed by atoms with E-state index in [4.69, 9.17) is 27.9 Å². The van der Waals surface area contributed by atoms with E-state index in [-0.39, 0.29) is 5.54 Å². The van der Waals surface area contributed by atoms with Crippen LogP contribution < -0.4 is 10.1 Å². The van der Waals surface area contributed by atoms with Gasteiger partial charge in [0.1, 0.15) is 5.75 Å². The smallest absolute Gasteiger partial charge is 0.122 e. The minimum atomic E-state index is 0.0718. The van der Waals surface area contributed by atoms with Crippen LogP contribution in [0.5, 0.6) is 5.75 Å². The van der Waals surface area contributed by atoms with E-state index in [0.29, 0.717) is 22.4 Å². The van der Waals surface area contributed by atoms with Gasteiger partial charge in [0.05, 0.1) is 6.61 Å². The quantitative estimate of drug-likeness (QED) is 0.872. The Morgan fingerprint density at radius 2 is 1.75 bits per heavy atom. The normalized spacial score (nSPS) is 11.6. The number of halogens is 2. The van der Waals surface area contributed by atoms with Gasteiger partial charge in [0.15, 0.2) is 0 Å². The third kappa shape index (κ3) is 4.60. The van der Waals surface area contributed by atoms with Crippen molar-refractivity contribution in [2.24, 2.45) is 0 Å². The second kappa shape index (κ2) is 5.76. The van der Waals surface area contributed by atoms with E-state index in [0.717, 1.165) is 6.42 Å². The molecule has 90 valence electrons. The van der Waals surface area contributed by atoms with Crippen molar-refractivity contribution in [1.29, 1.82) is 0 Å². The highest BCUT2D eigenvalue weighted by Crippen LogP contribution is 2.24. The molecule has 0 atom stereocenters. The molecule has 1 rings (SSSR count). The van der Waals surface area contributed by atoms with Gasteiger partial charge in [-0.3, -0.25) is 0 Å². The van der Waals surface area contributed by atoms with Crippen LogP contribution in [0.2, 0.25) is 10.0 Å². The Morgan fingerprint density at radius 3 is 2.25 bits per heavy atom. The maximum Gasteiger partial charge on any atom is 0.122 e. The van der Waals surface area contributed by atoms with E-state index in [1.165, 1.54) is 0 Å². The molecule has 0 aliphatic carbocycles. The zero-order chi connectivity index (χ0) is 12.2. The molecular weight excluding hydrogens is 245 g/mol. The summed E-state index contributed by atoms with van der Waals surface area (Å²) in [7, 11) is 1.94. The lowest BCUT2D eigenvalue weighted by molar-refractivity contribution is 0.256. The fourth-order valence-electron chi connectivity index (χ4n) is 1.16. The van der Waals surface area contributed by atoms with E-state index >= 15 is 0 Å². The van der Waals surface area contributed by atoms with Crippen LogP contribution in [0.1, 0.15) is 20.3 Å². The average molecular weight is 262 g/mol. The maximum atomic E-state index is 5.87. The predicted molar refractivity (Wildman–Crippen MR) is 69.7 cm³/mol. The van der Waals surface area contributed by atoms with Crippen LogP contribution in [0.3, 0.4) is 0 Å². The summed E-state index contributed by atoms with van der Waals surface area (Å²) in [5.41, 5.74) is 0.0718. The minimum absolute atomic E-state index is 0.0718. The van der Waals surface area contributed by atoms with Gasteiger partial charge in [-0.15, -0.1) is 0 Å². The minimum Gasteiger partial charge on any atom is -0.493 e. The lowest BCUT2D eigenvalue weighted by Crippen LogP contribution is -2.37. The number of rotatable bonds is 5. The van der Waals surface area contributed by atoms with Gasteiger partial charge in [0.25, 0.3) is 0 Å². The maximum absolute atomic E-state index is 5.87. The molecule has 0 radical (unpaired) electrons. The van der Waals surface area contributed by atoms with Gasteiger partial charge >= 0.3 is 0 Å². The molecule has 0 saturated carbocycles. The number of hydrogen-bond donors (Lipinski definition) is 1. The number of hydrogen-bond acceptors (Lipinski definition) is 2. The summed E-state index contributed by atoms with van der Waals surface area (Å²) in [6.07, 6.45) is 0.910. The molecule has 16 heavy (non-hydrogen) atoms. The summed E-state index contributed by atoms with van der Waals surface area (Å²) in [6.45, 7) is 4.88. The molecule has 0 unspecified atom stereocenters. The van der Waals surface area contributed by atoms with Crippen molar-refractivity contribution in [3.8, 4) is 5.75 Å². The molecule has 0 fully saturated rings. The molecule has 0 aliphatic rings. The van der Waals surface area contributed by atoms with Crippen molar-refractivity contribution in [3.63, 3.8) is 0 Å². The van der Waals surface area contributed by atoms with Crippen LogP contribution in [0, 0.1) is 0 Å². The third-order valence-corrected chi connectivity index (χ3v) is 2.95. The first kappa shape index (κ1) is 13.6. The van der Waals surface area contributed by atoms with E-state index in [1.807, 2.05) is 7.05 Å². The fourth-order valence-corrected chi connectivity index (χ4v) is 1.67. The largest absolute Gasteiger partial charge is 0.493 e. The van der Waals surface area contributed by atoms with Crippen molar-refractivity contribution in [1.82, 2.24) is 5.32 Å². The van der Waals surface area contributed by atoms with E-state index < -0.39 is 0 Å². The molecule has 1 N–H and O–H groups in total. The van der Waals surface area contributed by atoms with Crippen molar-refractivity contribution in [3.05, 3.63) is 28.2 Å². The Kier molecular flexibility index (Phi) is 4.90. The van der Waals surface area contributed by atoms with E-state index in [1.54, 1.807) is 18.2 Å². The summed E-state index contributed by atoms with van der Waals surface area (Å²) in [5.74, 6) is 0.712. The zero-order valence-corrected chi connectivity index (χ0v) is 11.3. The molecule has 0 saturated heterocycles. The molecule has 1 aromatic carbocycles. The Labute approximate surface area is 107 Å². The van der Waals surface area contributed by atoms with Crippen LogP contribution >= 0.6 is 23.2 Å². The van der Waals surface area contributed by atoms with Gasteiger partial charge in [0.2, 0.25) is 0 Å². The molecule has 4 heteroatoms. The zero-order valence-electron chi connectivity index (χ0n) is 9.81. The first-order valence-corrected chi connectivity index (χ1v) is 5.96. The van der Waals surface area contributed by atoms with Crippen LogP contribution in [0.4, 0.5) is 0 Å². The first-order chi connectivity index (χ1) is 7.43. The predicted octanol–water partition coefficient (Wildman–Crippen LogP) is 3.76. The summed E-state index contributed by atoms with van der Waals surface area (Å²) >= 11 is 11.7. The van der Waals surface area contributed by atoms with Gasteiger partial charge in [-0.2, -0.15) is 0 Å². The van der Waals surface area contributed by atoms with Gasteiger partial charge < -0.3 is 10.1 Å². The second-order valence-corrected chi connectivity index (χ2v) is 5.21. The van der Waals surface area contributed by atoms with Gasteiger partial charge in [-0.1, -0.05) is 23.2 Å². The van der Waals surface area contributed by atoms with Crippen molar-refractivity contribution in [2.45, 2.75) is 25.8 Å². The van der Waals surface area contributed by atoms with Crippen molar-refractivity contribution >= 4 is 23.2 Å². The highest BCUT2D eigenvalue weighted by Gasteiger charge is 2.14. The fraction of sp³-hybridized carbons (Fsp3) is 0.500. The molecule has 0 heterocycles. The standard InChI is InChI=1S/C12H17Cl2NO/c1-12(2,15-3)4-5-16-11-7-9(13)6-10(14)8-11/h6-8,15H,4-5H2,1-3H3. The molecule has 0 aliphatic heterocycles. The van der Waals surface area contributed by atoms with Crippen LogP contribution in [0.15, 0.2) is 18.2 Å². The van der Waals surface area contributed by atoms with Crippen molar-refractivity contribution in [2.75, 3.05) is 13.7 Å². The summed E-state index contributed by atoms with van der Waals surface area (Å²) < 4.78 is 5.60. The molecule has 1 aromatic rings. The number of benzene rings is 1. The van der Waals surface area contributed by atoms with Crippen molar-refractivity contribution < 1.29 is 4.74 Å². The Morgan fingerprint density at radius 1 is 1.19 bits per heavy atom. The summed E-state index contributed by atoms with van der Waals surface area (Å²) in [4.78, 5) is 0. The lowest BCUT2D eigenvalue weighted by Gasteiger charge is -2.23.